The first kappa shape index (κ1) is 23.5. The number of halogens is 2. The molecule has 0 bridgehead atoms. The molecule has 1 saturated heterocycles. The van der Waals surface area contributed by atoms with Gasteiger partial charge in [-0.15, -0.1) is 0 Å². The van der Waals surface area contributed by atoms with Crippen LogP contribution in [0.25, 0.3) is 5.76 Å². The second kappa shape index (κ2) is 10.1. The molecule has 1 aromatic heterocycles. The number of likely N-dealkylation sites (tertiary alicyclic amines) is 1. The fraction of sp³-hybridized carbons (Fsp3) is 0.240. The number of benzene rings is 2. The lowest BCUT2D eigenvalue weighted by atomic mass is 9.95. The van der Waals surface area contributed by atoms with E-state index in [-0.39, 0.29) is 28.3 Å². The molecule has 1 amide bonds. The van der Waals surface area contributed by atoms with Crippen LogP contribution in [0.1, 0.15) is 30.5 Å². The average molecular weight is 484 g/mol. The zero-order valence-electron chi connectivity index (χ0n) is 18.4. The van der Waals surface area contributed by atoms with E-state index in [1.807, 2.05) is 11.5 Å². The molecular weight excluding hydrogens is 461 g/mol. The van der Waals surface area contributed by atoms with E-state index in [2.05, 4.69) is 4.98 Å². The van der Waals surface area contributed by atoms with Crippen molar-refractivity contribution in [2.24, 2.45) is 0 Å². The highest BCUT2D eigenvalue weighted by molar-refractivity contribution is 6.46. The van der Waals surface area contributed by atoms with Crippen LogP contribution in [0.5, 0.6) is 5.75 Å². The Morgan fingerprint density at radius 1 is 1.21 bits per heavy atom. The van der Waals surface area contributed by atoms with Crippen molar-refractivity contribution in [3.63, 3.8) is 0 Å². The maximum Gasteiger partial charge on any atom is 0.295 e. The zero-order chi connectivity index (χ0) is 24.2. The number of aryl methyl sites for hydroxylation is 1. The van der Waals surface area contributed by atoms with E-state index in [0.717, 1.165) is 0 Å². The minimum absolute atomic E-state index is 0.128. The fourth-order valence-electron chi connectivity index (χ4n) is 4.05. The third kappa shape index (κ3) is 4.54. The highest BCUT2D eigenvalue weighted by Gasteiger charge is 2.46. The van der Waals surface area contributed by atoms with Gasteiger partial charge in [-0.3, -0.25) is 9.59 Å². The molecule has 1 fully saturated rings. The molecule has 9 heteroatoms. The van der Waals surface area contributed by atoms with Gasteiger partial charge in [0, 0.05) is 36.6 Å². The molecule has 7 nitrogen and oxygen atoms in total. The van der Waals surface area contributed by atoms with Crippen molar-refractivity contribution in [2.75, 3.05) is 13.2 Å². The number of aliphatic hydroxyl groups is 1. The van der Waals surface area contributed by atoms with Gasteiger partial charge in [0.25, 0.3) is 11.7 Å². The van der Waals surface area contributed by atoms with Crippen LogP contribution in [0, 0.1) is 5.82 Å². The lowest BCUT2D eigenvalue weighted by Crippen LogP contribution is -2.31. The highest BCUT2D eigenvalue weighted by atomic mass is 35.5. The third-order valence-corrected chi connectivity index (χ3v) is 5.91. The van der Waals surface area contributed by atoms with Gasteiger partial charge in [-0.25, -0.2) is 9.37 Å². The third-order valence-electron chi connectivity index (χ3n) is 5.62. The second-order valence-corrected chi connectivity index (χ2v) is 8.15. The van der Waals surface area contributed by atoms with E-state index in [1.54, 1.807) is 30.9 Å². The van der Waals surface area contributed by atoms with Crippen LogP contribution >= 0.6 is 11.6 Å². The Morgan fingerprint density at radius 3 is 2.68 bits per heavy atom. The summed E-state index contributed by atoms with van der Waals surface area (Å²) in [6.45, 7) is 2.96. The summed E-state index contributed by atoms with van der Waals surface area (Å²) in [5.41, 5.74) is 0.173. The molecule has 4 rings (SSSR count). The molecule has 1 aliphatic rings. The number of ether oxygens (including phenoxy) is 1. The predicted octanol–water partition coefficient (Wildman–Crippen LogP) is 4.59. The number of aliphatic hydroxyl groups excluding tert-OH is 1. The Balaban J connectivity index is 1.75. The number of aromatic nitrogens is 2. The second-order valence-electron chi connectivity index (χ2n) is 7.75. The van der Waals surface area contributed by atoms with Gasteiger partial charge >= 0.3 is 0 Å². The Bertz CT molecular complexity index is 1240. The zero-order valence-corrected chi connectivity index (χ0v) is 19.2. The molecule has 0 radical (unpaired) electrons. The van der Waals surface area contributed by atoms with E-state index in [9.17, 15) is 19.1 Å². The molecule has 0 unspecified atom stereocenters. The van der Waals surface area contributed by atoms with Crippen molar-refractivity contribution in [1.29, 1.82) is 0 Å². The van der Waals surface area contributed by atoms with Crippen LogP contribution in [0.15, 0.2) is 66.8 Å². The molecule has 0 spiro atoms. The minimum Gasteiger partial charge on any atom is -0.507 e. The first-order chi connectivity index (χ1) is 16.4. The molecule has 1 N–H and O–H groups in total. The van der Waals surface area contributed by atoms with E-state index in [1.165, 1.54) is 35.2 Å². The fourth-order valence-corrected chi connectivity index (χ4v) is 4.28. The normalized spacial score (nSPS) is 17.4. The van der Waals surface area contributed by atoms with Gasteiger partial charge in [-0.2, -0.15) is 0 Å². The van der Waals surface area contributed by atoms with Gasteiger partial charge in [0.15, 0.2) is 0 Å². The van der Waals surface area contributed by atoms with Gasteiger partial charge in [0.1, 0.15) is 17.3 Å². The van der Waals surface area contributed by atoms with Crippen molar-refractivity contribution in [1.82, 2.24) is 14.5 Å². The van der Waals surface area contributed by atoms with Crippen LogP contribution in [0.4, 0.5) is 4.39 Å². The van der Waals surface area contributed by atoms with Crippen LogP contribution in [0.2, 0.25) is 5.02 Å². The quantitative estimate of drug-likeness (QED) is 0.288. The number of hydrogen-bond donors (Lipinski definition) is 1. The summed E-state index contributed by atoms with van der Waals surface area (Å²) in [5.74, 6) is -2.25. The number of ketones is 1. The van der Waals surface area contributed by atoms with E-state index >= 15 is 0 Å². The number of carbonyl (C=O) groups excluding carboxylic acids is 2. The Kier molecular flexibility index (Phi) is 6.98. The number of amides is 1. The number of Topliss-reactive ketones (excluding diaryl/α,β-unsaturated/α-hetero) is 1. The Labute approximate surface area is 201 Å². The molecule has 1 aliphatic heterocycles. The SMILES string of the molecule is CCOc1ccc(C(O)=C2C(=O)C(=O)N(CCCn3ccnc3)[C@H]2c2ccccc2F)cc1Cl. The van der Waals surface area contributed by atoms with Crippen molar-refractivity contribution < 1.29 is 23.8 Å². The topological polar surface area (TPSA) is 84.7 Å². The maximum atomic E-state index is 14.9. The van der Waals surface area contributed by atoms with Gasteiger partial charge in [0.2, 0.25) is 0 Å². The van der Waals surface area contributed by atoms with Crippen molar-refractivity contribution in [2.45, 2.75) is 25.9 Å². The number of carbonyl (C=O) groups is 2. The standard InChI is InChI=1S/C25H23ClFN3O4/c1-2-34-20-9-8-16(14-18(20)26)23(31)21-22(17-6-3-4-7-19(17)27)30(25(33)24(21)32)12-5-11-29-13-10-28-15-29/h3-4,6-10,13-15,22,31H,2,5,11-12H2,1H3/t22-/m0/s1. The smallest absolute Gasteiger partial charge is 0.295 e. The molecule has 2 heterocycles. The lowest BCUT2D eigenvalue weighted by molar-refractivity contribution is -0.140. The van der Waals surface area contributed by atoms with Crippen LogP contribution in [0.3, 0.4) is 0 Å². The van der Waals surface area contributed by atoms with Gasteiger partial charge in [-0.1, -0.05) is 29.8 Å². The number of rotatable bonds is 8. The summed E-state index contributed by atoms with van der Waals surface area (Å²) >= 11 is 6.26. The van der Waals surface area contributed by atoms with Crippen LogP contribution < -0.4 is 4.74 Å². The lowest BCUT2D eigenvalue weighted by Gasteiger charge is -2.25. The summed E-state index contributed by atoms with van der Waals surface area (Å²) in [7, 11) is 0. The van der Waals surface area contributed by atoms with Gasteiger partial charge < -0.3 is 19.3 Å². The first-order valence-corrected chi connectivity index (χ1v) is 11.2. The summed E-state index contributed by atoms with van der Waals surface area (Å²) in [5, 5.41) is 11.4. The van der Waals surface area contributed by atoms with Crippen molar-refractivity contribution >= 4 is 29.1 Å². The summed E-state index contributed by atoms with van der Waals surface area (Å²) < 4.78 is 22.1. The Hall–Kier alpha value is -3.65. The molecule has 176 valence electrons. The van der Waals surface area contributed by atoms with E-state index in [4.69, 9.17) is 16.3 Å². The monoisotopic (exact) mass is 483 g/mol. The molecule has 1 atom stereocenters. The van der Waals surface area contributed by atoms with Gasteiger partial charge in [-0.05, 0) is 37.6 Å². The molecular formula is C25H23ClFN3O4. The predicted molar refractivity (Wildman–Crippen MR) is 125 cm³/mol. The molecule has 0 saturated carbocycles. The molecule has 2 aromatic carbocycles. The average Bonchev–Trinajstić information content (AvgIpc) is 3.43. The van der Waals surface area contributed by atoms with E-state index in [0.29, 0.717) is 25.3 Å². The molecule has 0 aliphatic carbocycles. The Morgan fingerprint density at radius 2 is 2.00 bits per heavy atom. The summed E-state index contributed by atoms with van der Waals surface area (Å²) in [6.07, 6.45) is 5.59. The van der Waals surface area contributed by atoms with Crippen LogP contribution in [-0.4, -0.2) is 44.4 Å². The highest BCUT2D eigenvalue weighted by Crippen LogP contribution is 2.41. The van der Waals surface area contributed by atoms with Crippen molar-refractivity contribution in [3.05, 3.63) is 88.7 Å². The van der Waals surface area contributed by atoms with Gasteiger partial charge in [0.05, 0.1) is 29.6 Å². The minimum atomic E-state index is -1.07. The van der Waals surface area contributed by atoms with Crippen LogP contribution in [-0.2, 0) is 16.1 Å². The van der Waals surface area contributed by atoms with Crippen molar-refractivity contribution in [3.8, 4) is 5.75 Å². The number of hydrogen-bond acceptors (Lipinski definition) is 5. The largest absolute Gasteiger partial charge is 0.507 e. The molecule has 3 aromatic rings. The number of imidazole rings is 1. The summed E-state index contributed by atoms with van der Waals surface area (Å²) in [6, 6.07) is 9.40. The first-order valence-electron chi connectivity index (χ1n) is 10.8. The molecule has 34 heavy (non-hydrogen) atoms. The number of nitrogens with zero attached hydrogens (tertiary/aromatic N) is 3. The maximum absolute atomic E-state index is 14.9. The summed E-state index contributed by atoms with van der Waals surface area (Å²) in [4.78, 5) is 31.3. The van der Waals surface area contributed by atoms with E-state index < -0.39 is 29.3 Å².